The molecule has 1 rings (SSSR count). The van der Waals surface area contributed by atoms with Gasteiger partial charge in [0.15, 0.2) is 0 Å². The van der Waals surface area contributed by atoms with Crippen molar-refractivity contribution in [2.75, 3.05) is 0 Å². The molecule has 0 fully saturated rings. The molecule has 0 aliphatic heterocycles. The van der Waals surface area contributed by atoms with E-state index in [0.717, 1.165) is 0 Å². The van der Waals surface area contributed by atoms with Gasteiger partial charge >= 0.3 is 0 Å². The first kappa shape index (κ1) is 11.2. The van der Waals surface area contributed by atoms with Crippen molar-refractivity contribution in [2.45, 2.75) is 18.9 Å². The molecule has 0 amide bonds. The van der Waals surface area contributed by atoms with E-state index in [4.69, 9.17) is 6.42 Å². The van der Waals surface area contributed by atoms with E-state index in [1.54, 1.807) is 6.07 Å². The number of aliphatic hydroxyl groups is 1. The Morgan fingerprint density at radius 3 is 2.79 bits per heavy atom. The second-order valence-corrected chi connectivity index (χ2v) is 3.88. The molecule has 0 aliphatic rings. The van der Waals surface area contributed by atoms with Crippen LogP contribution in [-0.2, 0) is 0 Å². The number of hydrogen-bond donors (Lipinski definition) is 1. The van der Waals surface area contributed by atoms with Gasteiger partial charge in [0.05, 0.1) is 6.10 Å². The average Bonchev–Trinajstić information content (AvgIpc) is 2.12. The summed E-state index contributed by atoms with van der Waals surface area (Å²) in [5.41, 5.74) is 0.548. The molecule has 1 aromatic carbocycles. The lowest BCUT2D eigenvalue weighted by atomic mass is 10.1. The highest BCUT2D eigenvalue weighted by molar-refractivity contribution is 9.10. The van der Waals surface area contributed by atoms with Gasteiger partial charge in [-0.3, -0.25) is 0 Å². The zero-order valence-corrected chi connectivity index (χ0v) is 9.09. The number of halogens is 2. The van der Waals surface area contributed by atoms with Crippen molar-refractivity contribution in [3.8, 4) is 12.3 Å². The van der Waals surface area contributed by atoms with Crippen LogP contribution in [0.2, 0.25) is 0 Å². The van der Waals surface area contributed by atoms with Crippen LogP contribution in [-0.4, -0.2) is 5.11 Å². The van der Waals surface area contributed by atoms with E-state index >= 15 is 0 Å². The Bertz CT molecular complexity index is 337. The Hall–Kier alpha value is -0.850. The van der Waals surface area contributed by atoms with Crippen LogP contribution in [0, 0.1) is 18.2 Å². The Labute approximate surface area is 91.1 Å². The predicted molar refractivity (Wildman–Crippen MR) is 57.1 cm³/mol. The van der Waals surface area contributed by atoms with E-state index in [-0.39, 0.29) is 5.82 Å². The number of benzene rings is 1. The molecule has 0 bridgehead atoms. The van der Waals surface area contributed by atoms with Gasteiger partial charge in [-0.1, -0.05) is 15.9 Å². The van der Waals surface area contributed by atoms with E-state index in [1.807, 2.05) is 0 Å². The van der Waals surface area contributed by atoms with Gasteiger partial charge in [0.25, 0.3) is 0 Å². The first-order valence-corrected chi connectivity index (χ1v) is 5.00. The van der Waals surface area contributed by atoms with Crippen molar-refractivity contribution in [1.29, 1.82) is 0 Å². The zero-order chi connectivity index (χ0) is 10.6. The predicted octanol–water partition coefficient (Wildman–Crippen LogP) is 3.04. The molecule has 74 valence electrons. The van der Waals surface area contributed by atoms with Gasteiger partial charge in [0.1, 0.15) is 5.82 Å². The lowest BCUT2D eigenvalue weighted by Gasteiger charge is -2.09. The van der Waals surface area contributed by atoms with Crippen LogP contribution in [0.1, 0.15) is 24.5 Å². The first-order chi connectivity index (χ1) is 6.63. The van der Waals surface area contributed by atoms with Crippen LogP contribution in [0.25, 0.3) is 0 Å². The fourth-order valence-electron chi connectivity index (χ4n) is 1.15. The third kappa shape index (κ3) is 3.13. The van der Waals surface area contributed by atoms with E-state index in [0.29, 0.717) is 22.9 Å². The SMILES string of the molecule is C#CCCC(O)c1cc(F)cc(Br)c1. The minimum atomic E-state index is -0.696. The number of aliphatic hydroxyl groups excluding tert-OH is 1. The third-order valence-corrected chi connectivity index (χ3v) is 2.29. The second-order valence-electron chi connectivity index (χ2n) is 2.96. The van der Waals surface area contributed by atoms with E-state index in [9.17, 15) is 9.50 Å². The molecular formula is C11H10BrFO. The van der Waals surface area contributed by atoms with Gasteiger partial charge in [0, 0.05) is 10.9 Å². The van der Waals surface area contributed by atoms with Crippen molar-refractivity contribution < 1.29 is 9.50 Å². The fourth-order valence-corrected chi connectivity index (χ4v) is 1.64. The summed E-state index contributed by atoms with van der Waals surface area (Å²) < 4.78 is 13.5. The molecule has 1 atom stereocenters. The van der Waals surface area contributed by atoms with Gasteiger partial charge in [-0.15, -0.1) is 12.3 Å². The first-order valence-electron chi connectivity index (χ1n) is 4.21. The van der Waals surface area contributed by atoms with Crippen LogP contribution in [0.4, 0.5) is 4.39 Å². The van der Waals surface area contributed by atoms with Gasteiger partial charge in [-0.25, -0.2) is 4.39 Å². The standard InChI is InChI=1S/C11H10BrFO/c1-2-3-4-11(14)8-5-9(12)7-10(13)6-8/h1,5-7,11,14H,3-4H2. The summed E-state index contributed by atoms with van der Waals surface area (Å²) in [5.74, 6) is 2.07. The smallest absolute Gasteiger partial charge is 0.124 e. The van der Waals surface area contributed by atoms with Gasteiger partial charge in [-0.05, 0) is 30.2 Å². The van der Waals surface area contributed by atoms with E-state index in [1.165, 1.54) is 12.1 Å². The molecule has 1 unspecified atom stereocenters. The molecular weight excluding hydrogens is 247 g/mol. The van der Waals surface area contributed by atoms with Crippen molar-refractivity contribution in [3.05, 3.63) is 34.1 Å². The molecule has 0 saturated carbocycles. The Morgan fingerprint density at radius 1 is 1.50 bits per heavy atom. The van der Waals surface area contributed by atoms with Gasteiger partial charge in [0.2, 0.25) is 0 Å². The highest BCUT2D eigenvalue weighted by Crippen LogP contribution is 2.23. The largest absolute Gasteiger partial charge is 0.388 e. The Morgan fingerprint density at radius 2 is 2.21 bits per heavy atom. The summed E-state index contributed by atoms with van der Waals surface area (Å²) in [4.78, 5) is 0. The normalized spacial score (nSPS) is 12.1. The molecule has 0 heterocycles. The summed E-state index contributed by atoms with van der Waals surface area (Å²) in [6.45, 7) is 0. The molecule has 0 spiro atoms. The van der Waals surface area contributed by atoms with Gasteiger partial charge < -0.3 is 5.11 Å². The quantitative estimate of drug-likeness (QED) is 0.825. The molecule has 14 heavy (non-hydrogen) atoms. The zero-order valence-electron chi connectivity index (χ0n) is 7.50. The summed E-state index contributed by atoms with van der Waals surface area (Å²) in [5, 5.41) is 9.62. The summed E-state index contributed by atoms with van der Waals surface area (Å²) in [7, 11) is 0. The topological polar surface area (TPSA) is 20.2 Å². The van der Waals surface area contributed by atoms with Crippen LogP contribution in [0.5, 0.6) is 0 Å². The number of terminal acetylenes is 1. The van der Waals surface area contributed by atoms with E-state index in [2.05, 4.69) is 21.9 Å². The van der Waals surface area contributed by atoms with Crippen LogP contribution < -0.4 is 0 Å². The highest BCUT2D eigenvalue weighted by Gasteiger charge is 2.08. The molecule has 1 nitrogen and oxygen atoms in total. The van der Waals surface area contributed by atoms with Crippen LogP contribution >= 0.6 is 15.9 Å². The molecule has 3 heteroatoms. The third-order valence-electron chi connectivity index (χ3n) is 1.83. The monoisotopic (exact) mass is 256 g/mol. The van der Waals surface area contributed by atoms with Gasteiger partial charge in [-0.2, -0.15) is 0 Å². The molecule has 0 radical (unpaired) electrons. The van der Waals surface area contributed by atoms with Crippen LogP contribution in [0.15, 0.2) is 22.7 Å². The Kier molecular flexibility index (Phi) is 4.12. The minimum absolute atomic E-state index is 0.367. The maximum Gasteiger partial charge on any atom is 0.124 e. The number of hydrogen-bond acceptors (Lipinski definition) is 1. The highest BCUT2D eigenvalue weighted by atomic mass is 79.9. The fraction of sp³-hybridized carbons (Fsp3) is 0.273. The average molecular weight is 257 g/mol. The number of rotatable bonds is 3. The molecule has 1 aromatic rings. The molecule has 0 aromatic heterocycles. The maximum absolute atomic E-state index is 12.9. The molecule has 0 saturated heterocycles. The molecule has 1 N–H and O–H groups in total. The van der Waals surface area contributed by atoms with Crippen molar-refractivity contribution in [1.82, 2.24) is 0 Å². The van der Waals surface area contributed by atoms with Crippen molar-refractivity contribution in [2.24, 2.45) is 0 Å². The lowest BCUT2D eigenvalue weighted by Crippen LogP contribution is -1.97. The summed E-state index contributed by atoms with van der Waals surface area (Å²) in [6, 6.07) is 4.34. The van der Waals surface area contributed by atoms with Crippen molar-refractivity contribution >= 4 is 15.9 Å². The lowest BCUT2D eigenvalue weighted by molar-refractivity contribution is 0.169. The summed E-state index contributed by atoms with van der Waals surface area (Å²) >= 11 is 3.16. The van der Waals surface area contributed by atoms with Crippen molar-refractivity contribution in [3.63, 3.8) is 0 Å². The Balaban J connectivity index is 2.79. The minimum Gasteiger partial charge on any atom is -0.388 e. The maximum atomic E-state index is 12.9. The second kappa shape index (κ2) is 5.14. The van der Waals surface area contributed by atoms with E-state index < -0.39 is 6.10 Å². The summed E-state index contributed by atoms with van der Waals surface area (Å²) in [6.07, 6.45) is 5.31. The van der Waals surface area contributed by atoms with Crippen LogP contribution in [0.3, 0.4) is 0 Å². The molecule has 0 aliphatic carbocycles.